The Hall–Kier alpha value is -2.08. The molecule has 2 aromatic rings. The molecule has 6 heteroatoms. The van der Waals surface area contributed by atoms with Gasteiger partial charge in [0.15, 0.2) is 5.13 Å². The highest BCUT2D eigenvalue weighted by molar-refractivity contribution is 7.17. The lowest BCUT2D eigenvalue weighted by Gasteiger charge is -2.25. The first-order valence-electron chi connectivity index (χ1n) is 7.31. The zero-order chi connectivity index (χ0) is 15.5. The van der Waals surface area contributed by atoms with Gasteiger partial charge in [-0.1, -0.05) is 29.5 Å². The van der Waals surface area contributed by atoms with Crippen LogP contribution in [-0.2, 0) is 6.42 Å². The van der Waals surface area contributed by atoms with Gasteiger partial charge in [0.05, 0.1) is 12.3 Å². The number of anilines is 1. The quantitative estimate of drug-likeness (QED) is 0.909. The van der Waals surface area contributed by atoms with Crippen LogP contribution in [0.15, 0.2) is 24.3 Å². The Balaban J connectivity index is 1.59. The van der Waals surface area contributed by atoms with Crippen LogP contribution in [0.1, 0.15) is 20.9 Å². The smallest absolute Gasteiger partial charge is 0.263 e. The molecule has 2 N–H and O–H groups in total. The molecule has 0 unspecified atom stereocenters. The predicted octanol–water partition coefficient (Wildman–Crippen LogP) is 2.47. The van der Waals surface area contributed by atoms with Crippen LogP contribution in [0.4, 0.5) is 5.13 Å². The van der Waals surface area contributed by atoms with Crippen LogP contribution in [0, 0.1) is 12.8 Å². The molecule has 0 saturated heterocycles. The van der Waals surface area contributed by atoms with Gasteiger partial charge in [0, 0.05) is 19.5 Å². The molecule has 1 aromatic heterocycles. The lowest BCUT2D eigenvalue weighted by atomic mass is 9.97. The number of aryl methyl sites for hydroxylation is 1. The third-order valence-corrected chi connectivity index (χ3v) is 4.90. The van der Waals surface area contributed by atoms with Gasteiger partial charge in [0.2, 0.25) is 0 Å². The summed E-state index contributed by atoms with van der Waals surface area (Å²) in [6, 6.07) is 8.07. The molecule has 0 spiro atoms. The minimum atomic E-state index is -0.0599. The zero-order valence-electron chi connectivity index (χ0n) is 12.7. The molecule has 3 rings (SSSR count). The van der Waals surface area contributed by atoms with Gasteiger partial charge in [-0.25, -0.2) is 4.98 Å². The summed E-state index contributed by atoms with van der Waals surface area (Å²) in [6.07, 6.45) is 0.930. The SMILES string of the molecule is CNc1nc(C)c(C(=O)NC[C@H]2COc3ccccc3C2)s1. The minimum absolute atomic E-state index is 0.0599. The maximum Gasteiger partial charge on any atom is 0.263 e. The molecule has 1 amide bonds. The number of rotatable bonds is 4. The number of thiazole rings is 1. The van der Waals surface area contributed by atoms with Gasteiger partial charge in [-0.15, -0.1) is 0 Å². The first kappa shape index (κ1) is 14.8. The molecular formula is C16H19N3O2S. The van der Waals surface area contributed by atoms with E-state index in [9.17, 15) is 4.79 Å². The van der Waals surface area contributed by atoms with Crippen LogP contribution in [0.3, 0.4) is 0 Å². The van der Waals surface area contributed by atoms with Crippen molar-refractivity contribution in [2.24, 2.45) is 5.92 Å². The fourth-order valence-corrected chi connectivity index (χ4v) is 3.39. The molecule has 1 aliphatic rings. The number of aromatic nitrogens is 1. The van der Waals surface area contributed by atoms with E-state index in [1.807, 2.05) is 25.1 Å². The number of fused-ring (bicyclic) bond motifs is 1. The number of carbonyl (C=O) groups excluding carboxylic acids is 1. The van der Waals surface area contributed by atoms with Crippen LogP contribution in [0.5, 0.6) is 5.75 Å². The number of carbonyl (C=O) groups is 1. The topological polar surface area (TPSA) is 63.2 Å². The van der Waals surface area contributed by atoms with Gasteiger partial charge in [-0.2, -0.15) is 0 Å². The second-order valence-electron chi connectivity index (χ2n) is 5.38. The molecule has 0 fully saturated rings. The van der Waals surface area contributed by atoms with Gasteiger partial charge in [-0.05, 0) is 25.0 Å². The fraction of sp³-hybridized carbons (Fsp3) is 0.375. The third kappa shape index (κ3) is 3.06. The van der Waals surface area contributed by atoms with E-state index in [-0.39, 0.29) is 5.91 Å². The second kappa shape index (κ2) is 6.36. The highest BCUT2D eigenvalue weighted by Crippen LogP contribution is 2.27. The van der Waals surface area contributed by atoms with E-state index in [0.29, 0.717) is 23.9 Å². The van der Waals surface area contributed by atoms with E-state index in [2.05, 4.69) is 21.7 Å². The molecular weight excluding hydrogens is 298 g/mol. The van der Waals surface area contributed by atoms with E-state index in [1.165, 1.54) is 16.9 Å². The largest absolute Gasteiger partial charge is 0.493 e. The number of amides is 1. The Morgan fingerprint density at radius 1 is 1.45 bits per heavy atom. The average molecular weight is 317 g/mol. The molecule has 0 aliphatic carbocycles. The Morgan fingerprint density at radius 2 is 2.27 bits per heavy atom. The van der Waals surface area contributed by atoms with Gasteiger partial charge in [-0.3, -0.25) is 4.79 Å². The fourth-order valence-electron chi connectivity index (χ4n) is 2.55. The molecule has 22 heavy (non-hydrogen) atoms. The molecule has 5 nitrogen and oxygen atoms in total. The maximum atomic E-state index is 12.3. The van der Waals surface area contributed by atoms with Crippen molar-refractivity contribution in [1.29, 1.82) is 0 Å². The van der Waals surface area contributed by atoms with Gasteiger partial charge < -0.3 is 15.4 Å². The molecule has 0 saturated carbocycles. The third-order valence-electron chi connectivity index (χ3n) is 3.72. The lowest BCUT2D eigenvalue weighted by molar-refractivity contribution is 0.0942. The van der Waals surface area contributed by atoms with E-state index in [4.69, 9.17) is 4.74 Å². The van der Waals surface area contributed by atoms with Crippen molar-refractivity contribution in [2.75, 3.05) is 25.5 Å². The van der Waals surface area contributed by atoms with Crippen LogP contribution < -0.4 is 15.4 Å². The van der Waals surface area contributed by atoms with Gasteiger partial charge in [0.25, 0.3) is 5.91 Å². The predicted molar refractivity (Wildman–Crippen MR) is 87.9 cm³/mol. The number of ether oxygens (including phenoxy) is 1. The molecule has 1 atom stereocenters. The van der Waals surface area contributed by atoms with Crippen molar-refractivity contribution in [3.05, 3.63) is 40.4 Å². The Kier molecular flexibility index (Phi) is 4.29. The number of benzene rings is 1. The molecule has 2 heterocycles. The summed E-state index contributed by atoms with van der Waals surface area (Å²) < 4.78 is 5.75. The van der Waals surface area contributed by atoms with Gasteiger partial charge >= 0.3 is 0 Å². The number of hydrogen-bond donors (Lipinski definition) is 2. The van der Waals surface area contributed by atoms with E-state index >= 15 is 0 Å². The van der Waals surface area contributed by atoms with E-state index in [0.717, 1.165) is 23.0 Å². The Bertz CT molecular complexity index is 684. The van der Waals surface area contributed by atoms with Crippen molar-refractivity contribution in [2.45, 2.75) is 13.3 Å². The highest BCUT2D eigenvalue weighted by Gasteiger charge is 2.21. The minimum Gasteiger partial charge on any atom is -0.493 e. The average Bonchev–Trinajstić information content (AvgIpc) is 2.93. The lowest BCUT2D eigenvalue weighted by Crippen LogP contribution is -2.34. The summed E-state index contributed by atoms with van der Waals surface area (Å²) in [5.74, 6) is 1.20. The summed E-state index contributed by atoms with van der Waals surface area (Å²) in [7, 11) is 1.80. The van der Waals surface area contributed by atoms with Gasteiger partial charge in [0.1, 0.15) is 10.6 Å². The molecule has 0 bridgehead atoms. The molecule has 0 radical (unpaired) electrons. The second-order valence-corrected chi connectivity index (χ2v) is 6.38. The Morgan fingerprint density at radius 3 is 3.05 bits per heavy atom. The highest BCUT2D eigenvalue weighted by atomic mass is 32.1. The standard InChI is InChI=1S/C16H19N3O2S/c1-10-14(22-16(17-2)19-10)15(20)18-8-11-7-12-5-3-4-6-13(12)21-9-11/h3-6,11H,7-9H2,1-2H3,(H,17,19)(H,18,20)/t11-/m0/s1. The number of nitrogens with zero attached hydrogens (tertiary/aromatic N) is 1. The van der Waals surface area contributed by atoms with E-state index in [1.54, 1.807) is 7.05 Å². The number of nitrogens with one attached hydrogen (secondary N) is 2. The first-order chi connectivity index (χ1) is 10.7. The first-order valence-corrected chi connectivity index (χ1v) is 8.13. The van der Waals surface area contributed by atoms with Crippen LogP contribution >= 0.6 is 11.3 Å². The number of hydrogen-bond acceptors (Lipinski definition) is 5. The summed E-state index contributed by atoms with van der Waals surface area (Å²) in [4.78, 5) is 17.2. The summed E-state index contributed by atoms with van der Waals surface area (Å²) in [5, 5.41) is 6.73. The van der Waals surface area contributed by atoms with Crippen LogP contribution in [0.25, 0.3) is 0 Å². The molecule has 1 aromatic carbocycles. The summed E-state index contributed by atoms with van der Waals surface area (Å²) >= 11 is 1.38. The van der Waals surface area contributed by atoms with Crippen molar-refractivity contribution < 1.29 is 9.53 Å². The van der Waals surface area contributed by atoms with Crippen LogP contribution in [0.2, 0.25) is 0 Å². The van der Waals surface area contributed by atoms with Crippen molar-refractivity contribution in [3.63, 3.8) is 0 Å². The van der Waals surface area contributed by atoms with Crippen molar-refractivity contribution in [3.8, 4) is 5.75 Å². The molecule has 1 aliphatic heterocycles. The van der Waals surface area contributed by atoms with E-state index < -0.39 is 0 Å². The summed E-state index contributed by atoms with van der Waals surface area (Å²) in [6.45, 7) is 3.10. The monoisotopic (exact) mass is 317 g/mol. The summed E-state index contributed by atoms with van der Waals surface area (Å²) in [5.41, 5.74) is 1.97. The molecule has 116 valence electrons. The maximum absolute atomic E-state index is 12.3. The van der Waals surface area contributed by atoms with Crippen molar-refractivity contribution in [1.82, 2.24) is 10.3 Å². The zero-order valence-corrected chi connectivity index (χ0v) is 13.5. The van der Waals surface area contributed by atoms with Crippen molar-refractivity contribution >= 4 is 22.4 Å². The number of para-hydroxylation sites is 1. The Labute approximate surface area is 133 Å². The van der Waals surface area contributed by atoms with Crippen LogP contribution in [-0.4, -0.2) is 31.1 Å². The normalized spacial score (nSPS) is 16.5.